The van der Waals surface area contributed by atoms with E-state index in [-0.39, 0.29) is 0 Å². The summed E-state index contributed by atoms with van der Waals surface area (Å²) in [5, 5.41) is 10.2. The van der Waals surface area contributed by atoms with Crippen LogP contribution in [0.5, 0.6) is 0 Å². The van der Waals surface area contributed by atoms with Crippen molar-refractivity contribution in [1.82, 2.24) is 4.98 Å². The standard InChI is InChI=1S/C13H16N2O2/c1-13(2,12(16)17)11(14)9-7-15-10-6-4-3-5-8(9)10/h3-7,11,15H,14H2,1-2H3,(H,16,17). The number of nitrogens with two attached hydrogens (primary N) is 1. The SMILES string of the molecule is CC(C)(C(=O)O)C(N)c1c[nH]c2ccccc12. The fraction of sp³-hybridized carbons (Fsp3) is 0.308. The number of para-hydroxylation sites is 1. The molecule has 4 nitrogen and oxygen atoms in total. The third kappa shape index (κ3) is 1.80. The average Bonchev–Trinajstić information content (AvgIpc) is 2.71. The lowest BCUT2D eigenvalue weighted by molar-refractivity contribution is -0.148. The molecule has 1 atom stereocenters. The van der Waals surface area contributed by atoms with Gasteiger partial charge in [0.15, 0.2) is 0 Å². The molecule has 4 N–H and O–H groups in total. The minimum absolute atomic E-state index is 0.545. The van der Waals surface area contributed by atoms with E-state index in [1.165, 1.54) is 0 Å². The first-order valence-corrected chi connectivity index (χ1v) is 5.49. The first kappa shape index (κ1) is 11.7. The highest BCUT2D eigenvalue weighted by Crippen LogP contribution is 2.35. The Morgan fingerprint density at radius 3 is 2.71 bits per heavy atom. The Morgan fingerprint density at radius 2 is 2.06 bits per heavy atom. The van der Waals surface area contributed by atoms with Crippen LogP contribution in [-0.4, -0.2) is 16.1 Å². The molecule has 0 saturated carbocycles. The maximum absolute atomic E-state index is 11.2. The number of nitrogens with one attached hydrogen (secondary N) is 1. The molecule has 0 aliphatic carbocycles. The van der Waals surface area contributed by atoms with Gasteiger partial charge in [0.1, 0.15) is 0 Å². The van der Waals surface area contributed by atoms with E-state index < -0.39 is 17.4 Å². The number of aromatic nitrogens is 1. The minimum atomic E-state index is -0.995. The minimum Gasteiger partial charge on any atom is -0.481 e. The third-order valence-electron chi connectivity index (χ3n) is 3.29. The molecule has 0 radical (unpaired) electrons. The summed E-state index contributed by atoms with van der Waals surface area (Å²) in [7, 11) is 0. The number of rotatable bonds is 3. The van der Waals surface area contributed by atoms with Crippen LogP contribution < -0.4 is 5.73 Å². The van der Waals surface area contributed by atoms with Crippen molar-refractivity contribution in [3.63, 3.8) is 0 Å². The smallest absolute Gasteiger partial charge is 0.311 e. The normalized spacial score (nSPS) is 13.8. The quantitative estimate of drug-likeness (QED) is 0.759. The maximum Gasteiger partial charge on any atom is 0.311 e. The van der Waals surface area contributed by atoms with Crippen molar-refractivity contribution in [2.24, 2.45) is 11.1 Å². The van der Waals surface area contributed by atoms with Gasteiger partial charge in [-0.1, -0.05) is 18.2 Å². The zero-order valence-corrected chi connectivity index (χ0v) is 9.90. The lowest BCUT2D eigenvalue weighted by Gasteiger charge is -2.26. The largest absolute Gasteiger partial charge is 0.481 e. The number of hydrogen-bond acceptors (Lipinski definition) is 2. The summed E-state index contributed by atoms with van der Waals surface area (Å²) in [6, 6.07) is 7.19. The molecule has 0 saturated heterocycles. The Balaban J connectivity index is 2.50. The van der Waals surface area contributed by atoms with Gasteiger partial charge in [-0.3, -0.25) is 4.79 Å². The van der Waals surface area contributed by atoms with Crippen molar-refractivity contribution in [3.8, 4) is 0 Å². The second-order valence-corrected chi connectivity index (χ2v) is 4.79. The van der Waals surface area contributed by atoms with Crippen molar-refractivity contribution in [1.29, 1.82) is 0 Å². The number of benzene rings is 1. The number of aromatic amines is 1. The summed E-state index contributed by atoms with van der Waals surface area (Å²) < 4.78 is 0. The van der Waals surface area contributed by atoms with Crippen molar-refractivity contribution < 1.29 is 9.90 Å². The first-order valence-electron chi connectivity index (χ1n) is 5.49. The third-order valence-corrected chi connectivity index (χ3v) is 3.29. The van der Waals surface area contributed by atoms with Crippen molar-refractivity contribution in [3.05, 3.63) is 36.0 Å². The van der Waals surface area contributed by atoms with E-state index in [0.717, 1.165) is 16.5 Å². The molecule has 0 aliphatic heterocycles. The number of hydrogen-bond donors (Lipinski definition) is 3. The predicted molar refractivity (Wildman–Crippen MR) is 66.6 cm³/mol. The zero-order valence-electron chi connectivity index (χ0n) is 9.90. The molecular formula is C13H16N2O2. The molecule has 2 rings (SSSR count). The molecule has 2 aromatic rings. The van der Waals surface area contributed by atoms with Crippen LogP contribution in [0, 0.1) is 5.41 Å². The molecule has 1 aromatic carbocycles. The topological polar surface area (TPSA) is 79.1 Å². The number of aliphatic carboxylic acids is 1. The van der Waals surface area contributed by atoms with Crippen LogP contribution in [0.3, 0.4) is 0 Å². The summed E-state index contributed by atoms with van der Waals surface area (Å²) in [5.74, 6) is -0.893. The highest BCUT2D eigenvalue weighted by Gasteiger charge is 2.36. The summed E-state index contributed by atoms with van der Waals surface area (Å²) in [6.45, 7) is 3.28. The molecule has 90 valence electrons. The first-order chi connectivity index (χ1) is 7.94. The molecule has 0 amide bonds. The Labute approximate surface area is 99.4 Å². The van der Waals surface area contributed by atoms with Gasteiger partial charge in [0, 0.05) is 23.1 Å². The van der Waals surface area contributed by atoms with Crippen molar-refractivity contribution in [2.45, 2.75) is 19.9 Å². The van der Waals surface area contributed by atoms with E-state index in [9.17, 15) is 9.90 Å². The van der Waals surface area contributed by atoms with Gasteiger partial charge in [-0.2, -0.15) is 0 Å². The van der Waals surface area contributed by atoms with Gasteiger partial charge < -0.3 is 15.8 Å². The van der Waals surface area contributed by atoms with Gasteiger partial charge in [0.05, 0.1) is 5.41 Å². The van der Waals surface area contributed by atoms with E-state index >= 15 is 0 Å². The lowest BCUT2D eigenvalue weighted by atomic mass is 9.81. The van der Waals surface area contributed by atoms with E-state index in [2.05, 4.69) is 4.98 Å². The van der Waals surface area contributed by atoms with Crippen LogP contribution in [0.25, 0.3) is 10.9 Å². The summed E-state index contributed by atoms with van der Waals surface area (Å²) in [4.78, 5) is 14.3. The molecule has 0 bridgehead atoms. The zero-order chi connectivity index (χ0) is 12.6. The summed E-state index contributed by atoms with van der Waals surface area (Å²) in [6.07, 6.45) is 1.79. The van der Waals surface area contributed by atoms with E-state index in [1.807, 2.05) is 24.3 Å². The van der Waals surface area contributed by atoms with Gasteiger partial charge in [0.2, 0.25) is 0 Å². The van der Waals surface area contributed by atoms with E-state index in [1.54, 1.807) is 20.0 Å². The monoisotopic (exact) mass is 232 g/mol. The number of H-pyrrole nitrogens is 1. The van der Waals surface area contributed by atoms with Crippen molar-refractivity contribution >= 4 is 16.9 Å². The van der Waals surface area contributed by atoms with Crippen molar-refractivity contribution in [2.75, 3.05) is 0 Å². The van der Waals surface area contributed by atoms with Crippen LogP contribution in [0.4, 0.5) is 0 Å². The van der Waals surface area contributed by atoms with Gasteiger partial charge in [-0.05, 0) is 25.5 Å². The molecule has 0 spiro atoms. The van der Waals surface area contributed by atoms with Crippen LogP contribution in [0.15, 0.2) is 30.5 Å². The van der Waals surface area contributed by atoms with E-state index in [0.29, 0.717) is 0 Å². The summed E-state index contributed by atoms with van der Waals surface area (Å²) >= 11 is 0. The van der Waals surface area contributed by atoms with Crippen LogP contribution in [0.2, 0.25) is 0 Å². The molecule has 1 aromatic heterocycles. The number of carboxylic acids is 1. The van der Waals surface area contributed by atoms with Gasteiger partial charge >= 0.3 is 5.97 Å². The molecular weight excluding hydrogens is 216 g/mol. The predicted octanol–water partition coefficient (Wildman–Crippen LogP) is 2.28. The molecule has 1 heterocycles. The van der Waals surface area contributed by atoms with Gasteiger partial charge in [0.25, 0.3) is 0 Å². The molecule has 0 aliphatic rings. The van der Waals surface area contributed by atoms with E-state index in [4.69, 9.17) is 5.73 Å². The number of carbonyl (C=O) groups is 1. The molecule has 17 heavy (non-hydrogen) atoms. The number of fused-ring (bicyclic) bond motifs is 1. The second-order valence-electron chi connectivity index (χ2n) is 4.79. The fourth-order valence-electron chi connectivity index (χ4n) is 1.87. The fourth-order valence-corrected chi connectivity index (χ4v) is 1.87. The maximum atomic E-state index is 11.2. The molecule has 0 fully saturated rings. The summed E-state index contributed by atoms with van der Waals surface area (Å²) in [5.41, 5.74) is 6.90. The van der Waals surface area contributed by atoms with Crippen LogP contribution in [0.1, 0.15) is 25.5 Å². The molecule has 4 heteroatoms. The Morgan fingerprint density at radius 1 is 1.41 bits per heavy atom. The van der Waals surface area contributed by atoms with Gasteiger partial charge in [-0.25, -0.2) is 0 Å². The lowest BCUT2D eigenvalue weighted by Crippen LogP contribution is -2.36. The Kier molecular flexibility index (Phi) is 2.67. The molecule has 1 unspecified atom stereocenters. The highest BCUT2D eigenvalue weighted by molar-refractivity contribution is 5.85. The Hall–Kier alpha value is -1.81. The van der Waals surface area contributed by atoms with Gasteiger partial charge in [-0.15, -0.1) is 0 Å². The highest BCUT2D eigenvalue weighted by atomic mass is 16.4. The van der Waals surface area contributed by atoms with Crippen LogP contribution >= 0.6 is 0 Å². The number of carboxylic acid groups (broad SMARTS) is 1. The second kappa shape index (κ2) is 3.89. The Bertz CT molecular complexity index is 557. The van der Waals surface area contributed by atoms with Crippen LogP contribution in [-0.2, 0) is 4.79 Å². The average molecular weight is 232 g/mol.